The second-order valence-electron chi connectivity index (χ2n) is 9.82. The summed E-state index contributed by atoms with van der Waals surface area (Å²) >= 11 is 0. The molecule has 13 heteroatoms. The van der Waals surface area contributed by atoms with Crippen molar-refractivity contribution in [2.24, 2.45) is 0 Å². The molecule has 1 aliphatic heterocycles. The van der Waals surface area contributed by atoms with Crippen molar-refractivity contribution in [3.63, 3.8) is 0 Å². The monoisotopic (exact) mass is 575 g/mol. The lowest BCUT2D eigenvalue weighted by Gasteiger charge is -2.36. The van der Waals surface area contributed by atoms with Crippen molar-refractivity contribution in [2.75, 3.05) is 17.5 Å². The number of anilines is 1. The molecule has 0 fully saturated rings. The molecule has 1 heterocycles. The summed E-state index contributed by atoms with van der Waals surface area (Å²) < 4.78 is 98.1. The molecule has 1 aliphatic rings. The van der Waals surface area contributed by atoms with Crippen molar-refractivity contribution in [1.82, 2.24) is 0 Å². The Kier molecular flexibility index (Phi) is 8.83. The maximum atomic E-state index is 13.9. The Morgan fingerprint density at radius 2 is 1.77 bits per heavy atom. The number of rotatable bonds is 8. The van der Waals surface area contributed by atoms with E-state index in [9.17, 15) is 35.6 Å². The minimum absolute atomic E-state index is 0.0265. The smallest absolute Gasteiger partial charge is 0.419 e. The third-order valence-corrected chi connectivity index (χ3v) is 7.31. The van der Waals surface area contributed by atoms with E-state index < -0.39 is 56.1 Å². The first-order chi connectivity index (χ1) is 18.0. The molecule has 39 heavy (non-hydrogen) atoms. The lowest BCUT2D eigenvalue weighted by Crippen LogP contribution is -2.44. The van der Waals surface area contributed by atoms with E-state index in [2.05, 4.69) is 0 Å². The molecule has 0 N–H and O–H groups in total. The average molecular weight is 576 g/mol. The normalized spacial score (nSPS) is 15.8. The number of alkyl halides is 3. The molecule has 0 radical (unpaired) electrons. The number of hydrogen-bond donors (Lipinski definition) is 0. The SMILES string of the molecule is CCOC(=O)CC[C@H]1CN(S(=O)(=O)c2ccc(F)c(C(F)(F)F)c2)c2cc(CC(=O)OC(C)(C)C)ccc2O1. The lowest BCUT2D eigenvalue weighted by molar-refractivity contribution is -0.154. The van der Waals surface area contributed by atoms with E-state index in [1.54, 1.807) is 27.7 Å². The molecule has 0 saturated carbocycles. The number of carbonyl (C=O) groups excluding carboxylic acids is 2. The fourth-order valence-corrected chi connectivity index (χ4v) is 5.44. The molecule has 214 valence electrons. The number of halogens is 4. The minimum Gasteiger partial charge on any atom is -0.486 e. The Balaban J connectivity index is 2.03. The van der Waals surface area contributed by atoms with E-state index in [4.69, 9.17) is 14.2 Å². The van der Waals surface area contributed by atoms with Crippen LogP contribution in [-0.4, -0.2) is 45.2 Å². The summed E-state index contributed by atoms with van der Waals surface area (Å²) in [6.45, 7) is 6.49. The van der Waals surface area contributed by atoms with Gasteiger partial charge in [0.2, 0.25) is 0 Å². The summed E-state index contributed by atoms with van der Waals surface area (Å²) in [7, 11) is -4.68. The first kappa shape index (κ1) is 30.2. The van der Waals surface area contributed by atoms with E-state index in [1.807, 2.05) is 0 Å². The molecule has 2 aromatic carbocycles. The number of esters is 2. The maximum absolute atomic E-state index is 13.9. The minimum atomic E-state index is -5.12. The standard InChI is InChI=1S/C26H29F4NO7S/c1-5-36-23(32)11-7-17-15-31(39(34,35)18-8-9-20(27)19(14-18)26(28,29)30)21-12-16(6-10-22(21)37-17)13-24(33)38-25(2,3)4/h6,8-10,12,14,17H,5,7,11,13,15H2,1-4H3/t17-/m0/s1. The number of benzene rings is 2. The zero-order chi connectivity index (χ0) is 29.2. The van der Waals surface area contributed by atoms with Gasteiger partial charge in [-0.15, -0.1) is 0 Å². The zero-order valence-electron chi connectivity index (χ0n) is 21.8. The van der Waals surface area contributed by atoms with Crippen LogP contribution in [-0.2, 0) is 41.7 Å². The largest absolute Gasteiger partial charge is 0.486 e. The Bertz CT molecular complexity index is 1340. The Hall–Kier alpha value is -3.35. The number of hydrogen-bond acceptors (Lipinski definition) is 7. The molecule has 3 rings (SSSR count). The molecular formula is C26H29F4NO7S. The van der Waals surface area contributed by atoms with Crippen LogP contribution in [0.4, 0.5) is 23.2 Å². The molecule has 8 nitrogen and oxygen atoms in total. The van der Waals surface area contributed by atoms with Gasteiger partial charge >= 0.3 is 18.1 Å². The van der Waals surface area contributed by atoms with Gasteiger partial charge in [-0.3, -0.25) is 13.9 Å². The summed E-state index contributed by atoms with van der Waals surface area (Å²) in [5.41, 5.74) is -2.14. The average Bonchev–Trinajstić information content (AvgIpc) is 2.80. The molecule has 1 atom stereocenters. The molecular weight excluding hydrogens is 546 g/mol. The topological polar surface area (TPSA) is 99.2 Å². The van der Waals surface area contributed by atoms with Crippen LogP contribution in [0.15, 0.2) is 41.3 Å². The van der Waals surface area contributed by atoms with Gasteiger partial charge in [-0.2, -0.15) is 13.2 Å². The van der Waals surface area contributed by atoms with Crippen molar-refractivity contribution in [3.8, 4) is 5.75 Å². The Morgan fingerprint density at radius 3 is 2.38 bits per heavy atom. The predicted octanol–water partition coefficient (Wildman–Crippen LogP) is 5.03. The van der Waals surface area contributed by atoms with Gasteiger partial charge < -0.3 is 14.2 Å². The van der Waals surface area contributed by atoms with Crippen LogP contribution in [0, 0.1) is 5.82 Å². The molecule has 0 aromatic heterocycles. The van der Waals surface area contributed by atoms with Crippen molar-refractivity contribution in [3.05, 3.63) is 53.3 Å². The van der Waals surface area contributed by atoms with Gasteiger partial charge in [0.05, 0.1) is 35.7 Å². The lowest BCUT2D eigenvalue weighted by atomic mass is 10.1. The van der Waals surface area contributed by atoms with E-state index in [-0.39, 0.29) is 49.9 Å². The Morgan fingerprint density at radius 1 is 1.08 bits per heavy atom. The summed E-state index contributed by atoms with van der Waals surface area (Å²) in [4.78, 5) is 23.4. The van der Waals surface area contributed by atoms with Crippen LogP contribution in [0.2, 0.25) is 0 Å². The quantitative estimate of drug-likeness (QED) is 0.322. The number of ether oxygens (including phenoxy) is 3. The summed E-state index contributed by atoms with van der Waals surface area (Å²) in [6, 6.07) is 5.74. The second-order valence-corrected chi connectivity index (χ2v) is 11.7. The third kappa shape index (κ3) is 7.61. The van der Waals surface area contributed by atoms with Crippen LogP contribution < -0.4 is 9.04 Å². The van der Waals surface area contributed by atoms with Crippen molar-refractivity contribution in [1.29, 1.82) is 0 Å². The number of nitrogens with zero attached hydrogens (tertiary/aromatic N) is 1. The second kappa shape index (κ2) is 11.4. The van der Waals surface area contributed by atoms with Gasteiger partial charge in [0, 0.05) is 6.42 Å². The summed E-state index contributed by atoms with van der Waals surface area (Å²) in [5.74, 6) is -2.64. The van der Waals surface area contributed by atoms with Gasteiger partial charge in [-0.25, -0.2) is 12.8 Å². The first-order valence-corrected chi connectivity index (χ1v) is 13.5. The highest BCUT2D eigenvalue weighted by Crippen LogP contribution is 2.40. The number of sulfonamides is 1. The zero-order valence-corrected chi connectivity index (χ0v) is 22.6. The number of carbonyl (C=O) groups is 2. The highest BCUT2D eigenvalue weighted by Gasteiger charge is 2.39. The fraction of sp³-hybridized carbons (Fsp3) is 0.462. The molecule has 0 amide bonds. The molecule has 2 aromatic rings. The summed E-state index contributed by atoms with van der Waals surface area (Å²) in [5, 5.41) is 0. The molecule has 0 bridgehead atoms. The summed E-state index contributed by atoms with van der Waals surface area (Å²) in [6.07, 6.45) is -6.22. The molecule has 0 unspecified atom stereocenters. The molecule has 0 saturated heterocycles. The van der Waals surface area contributed by atoms with E-state index >= 15 is 0 Å². The molecule has 0 spiro atoms. The Labute approximate surface area is 223 Å². The highest BCUT2D eigenvalue weighted by atomic mass is 32.2. The van der Waals surface area contributed by atoms with E-state index in [0.717, 1.165) is 10.4 Å². The maximum Gasteiger partial charge on any atom is 0.419 e. The van der Waals surface area contributed by atoms with E-state index in [0.29, 0.717) is 11.6 Å². The van der Waals surface area contributed by atoms with Crippen LogP contribution >= 0.6 is 0 Å². The van der Waals surface area contributed by atoms with Crippen LogP contribution in [0.3, 0.4) is 0 Å². The first-order valence-electron chi connectivity index (χ1n) is 12.1. The number of fused-ring (bicyclic) bond motifs is 1. The van der Waals surface area contributed by atoms with Gasteiger partial charge in [0.15, 0.2) is 0 Å². The van der Waals surface area contributed by atoms with Crippen LogP contribution in [0.25, 0.3) is 0 Å². The molecule has 0 aliphatic carbocycles. The highest BCUT2D eigenvalue weighted by molar-refractivity contribution is 7.92. The predicted molar refractivity (Wildman–Crippen MR) is 132 cm³/mol. The van der Waals surface area contributed by atoms with Crippen LogP contribution in [0.1, 0.15) is 51.7 Å². The van der Waals surface area contributed by atoms with Crippen molar-refractivity contribution < 1.29 is 49.8 Å². The van der Waals surface area contributed by atoms with Crippen molar-refractivity contribution in [2.45, 2.75) is 69.7 Å². The third-order valence-electron chi connectivity index (χ3n) is 5.53. The van der Waals surface area contributed by atoms with Gasteiger partial charge in [-0.05, 0) is 70.0 Å². The fourth-order valence-electron chi connectivity index (χ4n) is 3.91. The van der Waals surface area contributed by atoms with Crippen molar-refractivity contribution >= 4 is 27.6 Å². The van der Waals surface area contributed by atoms with E-state index in [1.165, 1.54) is 18.2 Å². The van der Waals surface area contributed by atoms with Crippen LogP contribution in [0.5, 0.6) is 5.75 Å². The van der Waals surface area contributed by atoms with Gasteiger partial charge in [0.1, 0.15) is 23.3 Å². The van der Waals surface area contributed by atoms with Gasteiger partial charge in [0.25, 0.3) is 10.0 Å². The van der Waals surface area contributed by atoms with Gasteiger partial charge in [-0.1, -0.05) is 6.07 Å².